The van der Waals surface area contributed by atoms with Crippen molar-refractivity contribution in [2.24, 2.45) is 5.92 Å². The molecule has 0 saturated carbocycles. The normalized spacial score (nSPS) is 12.9. The number of methoxy groups -OCH3 is 1. The average molecular weight is 266 g/mol. The quantitative estimate of drug-likeness (QED) is 0.715. The van der Waals surface area contributed by atoms with Crippen molar-refractivity contribution in [3.8, 4) is 0 Å². The molecular formula is C10H20BrNO2. The minimum atomic E-state index is 0.149. The third kappa shape index (κ3) is 5.60. The summed E-state index contributed by atoms with van der Waals surface area (Å²) in [7, 11) is 1.65. The number of amides is 1. The lowest BCUT2D eigenvalue weighted by atomic mass is 10.0. The van der Waals surface area contributed by atoms with E-state index in [1.165, 1.54) is 0 Å². The summed E-state index contributed by atoms with van der Waals surface area (Å²) in [5, 5.41) is 2.90. The van der Waals surface area contributed by atoms with E-state index in [-0.39, 0.29) is 16.7 Å². The number of nitrogens with one attached hydrogen (secondary N) is 1. The molecule has 0 saturated heterocycles. The highest BCUT2D eigenvalue weighted by Crippen LogP contribution is 2.07. The zero-order valence-corrected chi connectivity index (χ0v) is 10.8. The summed E-state index contributed by atoms with van der Waals surface area (Å²) in [4.78, 5) is 11.7. The maximum atomic E-state index is 11.5. The van der Waals surface area contributed by atoms with E-state index in [4.69, 9.17) is 4.74 Å². The number of rotatable bonds is 7. The van der Waals surface area contributed by atoms with E-state index in [2.05, 4.69) is 21.2 Å². The number of hydrogen-bond donors (Lipinski definition) is 1. The van der Waals surface area contributed by atoms with Crippen LogP contribution < -0.4 is 5.32 Å². The zero-order chi connectivity index (χ0) is 11.0. The van der Waals surface area contributed by atoms with Crippen molar-refractivity contribution >= 4 is 21.8 Å². The first-order valence-electron chi connectivity index (χ1n) is 5.06. The van der Waals surface area contributed by atoms with Crippen LogP contribution in [0, 0.1) is 5.92 Å². The molecule has 0 spiro atoms. The van der Waals surface area contributed by atoms with Gasteiger partial charge in [-0.05, 0) is 12.8 Å². The molecule has 0 bridgehead atoms. The number of carbonyl (C=O) groups excluding carboxylic acids is 1. The first-order valence-corrected chi connectivity index (χ1v) is 5.97. The molecule has 0 fully saturated rings. The highest BCUT2D eigenvalue weighted by molar-refractivity contribution is 9.09. The van der Waals surface area contributed by atoms with Crippen LogP contribution >= 0.6 is 15.9 Å². The summed E-state index contributed by atoms with van der Waals surface area (Å²) < 4.78 is 4.95. The second kappa shape index (κ2) is 8.24. The number of alkyl halides is 1. The Balaban J connectivity index is 3.71. The lowest BCUT2D eigenvalue weighted by Crippen LogP contribution is -2.35. The van der Waals surface area contributed by atoms with Crippen LogP contribution in [0.4, 0.5) is 0 Å². The van der Waals surface area contributed by atoms with Gasteiger partial charge in [0.05, 0.1) is 11.4 Å². The molecule has 0 radical (unpaired) electrons. The maximum Gasteiger partial charge on any atom is 0.223 e. The van der Waals surface area contributed by atoms with Gasteiger partial charge in [0.2, 0.25) is 5.91 Å². The Hall–Kier alpha value is -0.0900. The average Bonchev–Trinajstić information content (AvgIpc) is 2.17. The number of halogens is 1. The van der Waals surface area contributed by atoms with Gasteiger partial charge in [0.15, 0.2) is 0 Å². The Labute approximate surface area is 94.7 Å². The van der Waals surface area contributed by atoms with Crippen molar-refractivity contribution in [1.82, 2.24) is 5.32 Å². The Bertz CT molecular complexity index is 160. The fraction of sp³-hybridized carbons (Fsp3) is 0.900. The predicted molar refractivity (Wildman–Crippen MR) is 61.7 cm³/mol. The molecule has 1 amide bonds. The minimum absolute atomic E-state index is 0.149. The molecule has 0 rings (SSSR count). The molecule has 0 aromatic rings. The molecule has 0 aromatic heterocycles. The number of ether oxygens (including phenoxy) is 1. The molecular weight excluding hydrogens is 246 g/mol. The monoisotopic (exact) mass is 265 g/mol. The second-order valence-electron chi connectivity index (χ2n) is 3.31. The first-order chi connectivity index (χ1) is 6.65. The Morgan fingerprint density at radius 2 is 2.00 bits per heavy atom. The molecule has 0 aliphatic rings. The van der Waals surface area contributed by atoms with Crippen molar-refractivity contribution in [1.29, 1.82) is 0 Å². The summed E-state index contributed by atoms with van der Waals surface area (Å²) in [6.45, 7) is 5.31. The van der Waals surface area contributed by atoms with Gasteiger partial charge in [0.1, 0.15) is 0 Å². The summed E-state index contributed by atoms with van der Waals surface area (Å²) in [6, 6.07) is 0. The fourth-order valence-electron chi connectivity index (χ4n) is 1.25. The summed E-state index contributed by atoms with van der Waals surface area (Å²) >= 11 is 3.42. The molecule has 0 aliphatic heterocycles. The van der Waals surface area contributed by atoms with Gasteiger partial charge in [-0.3, -0.25) is 4.79 Å². The largest absolute Gasteiger partial charge is 0.383 e. The van der Waals surface area contributed by atoms with Crippen molar-refractivity contribution in [3.05, 3.63) is 0 Å². The van der Waals surface area contributed by atoms with Gasteiger partial charge in [0, 0.05) is 19.6 Å². The van der Waals surface area contributed by atoms with Crippen LogP contribution in [0.25, 0.3) is 0 Å². The first kappa shape index (κ1) is 13.9. The van der Waals surface area contributed by atoms with Gasteiger partial charge in [-0.2, -0.15) is 0 Å². The smallest absolute Gasteiger partial charge is 0.223 e. The van der Waals surface area contributed by atoms with Gasteiger partial charge in [-0.25, -0.2) is 0 Å². The second-order valence-corrected chi connectivity index (χ2v) is 4.61. The van der Waals surface area contributed by atoms with E-state index in [1.54, 1.807) is 7.11 Å². The van der Waals surface area contributed by atoms with E-state index in [1.807, 2.05) is 13.8 Å². The van der Waals surface area contributed by atoms with Crippen molar-refractivity contribution in [3.63, 3.8) is 0 Å². The zero-order valence-electron chi connectivity index (χ0n) is 9.18. The van der Waals surface area contributed by atoms with Crippen LogP contribution in [-0.2, 0) is 9.53 Å². The Morgan fingerprint density at radius 3 is 2.43 bits per heavy atom. The third-order valence-electron chi connectivity index (χ3n) is 2.20. The van der Waals surface area contributed by atoms with Crippen LogP contribution in [0.3, 0.4) is 0 Å². The van der Waals surface area contributed by atoms with Gasteiger partial charge in [0.25, 0.3) is 0 Å². The predicted octanol–water partition coefficient (Wildman–Crippen LogP) is 1.95. The Morgan fingerprint density at radius 1 is 1.43 bits per heavy atom. The number of carbonyl (C=O) groups is 1. The molecule has 0 heterocycles. The van der Waals surface area contributed by atoms with Crippen LogP contribution in [0.15, 0.2) is 0 Å². The Kier molecular flexibility index (Phi) is 8.18. The summed E-state index contributed by atoms with van der Waals surface area (Å²) in [5.41, 5.74) is 0. The highest BCUT2D eigenvalue weighted by atomic mass is 79.9. The van der Waals surface area contributed by atoms with Crippen LogP contribution in [0.5, 0.6) is 0 Å². The fourth-order valence-corrected chi connectivity index (χ4v) is 1.68. The molecule has 3 nitrogen and oxygen atoms in total. The van der Waals surface area contributed by atoms with Crippen LogP contribution in [0.2, 0.25) is 0 Å². The third-order valence-corrected chi connectivity index (χ3v) is 2.79. The van der Waals surface area contributed by atoms with Gasteiger partial charge in [-0.1, -0.05) is 29.8 Å². The van der Waals surface area contributed by atoms with Crippen molar-refractivity contribution < 1.29 is 9.53 Å². The van der Waals surface area contributed by atoms with Gasteiger partial charge < -0.3 is 10.1 Å². The van der Waals surface area contributed by atoms with E-state index in [0.29, 0.717) is 13.2 Å². The standard InChI is InChI=1S/C10H20BrNO2/c1-4-8(5-2)10(13)12-6-9(11)7-14-3/h8-9H,4-7H2,1-3H3,(H,12,13). The lowest BCUT2D eigenvalue weighted by Gasteiger charge is -2.14. The molecule has 1 unspecified atom stereocenters. The summed E-state index contributed by atoms with van der Waals surface area (Å²) in [6.07, 6.45) is 1.80. The molecule has 84 valence electrons. The SMILES string of the molecule is CCC(CC)C(=O)NCC(Br)COC. The van der Waals surface area contributed by atoms with Crippen molar-refractivity contribution in [2.45, 2.75) is 31.5 Å². The highest BCUT2D eigenvalue weighted by Gasteiger charge is 2.14. The van der Waals surface area contributed by atoms with E-state index < -0.39 is 0 Å². The molecule has 4 heteroatoms. The molecule has 0 aliphatic carbocycles. The van der Waals surface area contributed by atoms with Crippen molar-refractivity contribution in [2.75, 3.05) is 20.3 Å². The van der Waals surface area contributed by atoms with E-state index in [0.717, 1.165) is 12.8 Å². The van der Waals surface area contributed by atoms with Crippen LogP contribution in [-0.4, -0.2) is 31.0 Å². The summed E-state index contributed by atoms with van der Waals surface area (Å²) in [5.74, 6) is 0.299. The maximum absolute atomic E-state index is 11.5. The molecule has 1 atom stereocenters. The minimum Gasteiger partial charge on any atom is -0.383 e. The van der Waals surface area contributed by atoms with Gasteiger partial charge >= 0.3 is 0 Å². The molecule has 14 heavy (non-hydrogen) atoms. The van der Waals surface area contributed by atoms with E-state index in [9.17, 15) is 4.79 Å². The van der Waals surface area contributed by atoms with E-state index >= 15 is 0 Å². The topological polar surface area (TPSA) is 38.3 Å². The lowest BCUT2D eigenvalue weighted by molar-refractivity contribution is -0.125. The molecule has 0 aromatic carbocycles. The van der Waals surface area contributed by atoms with Gasteiger partial charge in [-0.15, -0.1) is 0 Å². The molecule has 1 N–H and O–H groups in total. The van der Waals surface area contributed by atoms with Crippen LogP contribution in [0.1, 0.15) is 26.7 Å². The number of hydrogen-bond acceptors (Lipinski definition) is 2.